The molecule has 0 saturated carbocycles. The summed E-state index contributed by atoms with van der Waals surface area (Å²) < 4.78 is 10.9. The summed E-state index contributed by atoms with van der Waals surface area (Å²) in [5.41, 5.74) is -1.01. The SMILES string of the molecule is CCOC(=O)C1(C#N)CC=C(O[Si](C)(C)C)CC1. The maximum atomic E-state index is 11.8. The van der Waals surface area contributed by atoms with Gasteiger partial charge in [-0.1, -0.05) is 0 Å². The van der Waals surface area contributed by atoms with Crippen LogP contribution in [-0.2, 0) is 14.0 Å². The summed E-state index contributed by atoms with van der Waals surface area (Å²) in [6.07, 6.45) is 3.39. The van der Waals surface area contributed by atoms with Gasteiger partial charge in [-0.15, -0.1) is 0 Å². The Morgan fingerprint density at radius 1 is 1.56 bits per heavy atom. The Bertz CT molecular complexity index is 392. The van der Waals surface area contributed by atoms with E-state index in [9.17, 15) is 10.1 Å². The maximum absolute atomic E-state index is 11.8. The lowest BCUT2D eigenvalue weighted by Crippen LogP contribution is -2.34. The van der Waals surface area contributed by atoms with Crippen molar-refractivity contribution in [3.8, 4) is 6.07 Å². The van der Waals surface area contributed by atoms with Crippen LogP contribution in [0.3, 0.4) is 0 Å². The molecule has 18 heavy (non-hydrogen) atoms. The summed E-state index contributed by atoms with van der Waals surface area (Å²) in [4.78, 5) is 11.8. The number of nitrogens with zero attached hydrogens (tertiary/aromatic N) is 1. The van der Waals surface area contributed by atoms with Gasteiger partial charge >= 0.3 is 5.97 Å². The standard InChI is InChI=1S/C13H21NO3Si/c1-5-16-12(15)13(10-14)8-6-11(7-9-13)17-18(2,3)4/h6H,5,7-9H2,1-4H3. The van der Waals surface area contributed by atoms with Gasteiger partial charge in [0, 0.05) is 6.42 Å². The van der Waals surface area contributed by atoms with E-state index in [0.29, 0.717) is 25.9 Å². The van der Waals surface area contributed by atoms with Crippen molar-refractivity contribution in [2.24, 2.45) is 5.41 Å². The van der Waals surface area contributed by atoms with Crippen molar-refractivity contribution in [3.63, 3.8) is 0 Å². The van der Waals surface area contributed by atoms with Crippen LogP contribution in [0, 0.1) is 16.7 Å². The Labute approximate surface area is 110 Å². The van der Waals surface area contributed by atoms with Crippen molar-refractivity contribution < 1.29 is 14.0 Å². The second kappa shape index (κ2) is 5.57. The number of carbonyl (C=O) groups is 1. The van der Waals surface area contributed by atoms with Crippen molar-refractivity contribution in [2.45, 2.75) is 45.8 Å². The molecule has 0 heterocycles. The van der Waals surface area contributed by atoms with Crippen molar-refractivity contribution in [1.29, 1.82) is 5.26 Å². The van der Waals surface area contributed by atoms with E-state index in [2.05, 4.69) is 25.7 Å². The Kier molecular flexibility index (Phi) is 4.57. The predicted molar refractivity (Wildman–Crippen MR) is 71.0 cm³/mol. The van der Waals surface area contributed by atoms with E-state index in [4.69, 9.17) is 9.16 Å². The molecule has 0 saturated heterocycles. The van der Waals surface area contributed by atoms with E-state index >= 15 is 0 Å². The number of hydrogen-bond donors (Lipinski definition) is 0. The molecule has 0 amide bonds. The van der Waals surface area contributed by atoms with Crippen molar-refractivity contribution in [3.05, 3.63) is 11.8 Å². The molecule has 1 atom stereocenters. The molecule has 0 radical (unpaired) electrons. The topological polar surface area (TPSA) is 59.3 Å². The van der Waals surface area contributed by atoms with Crippen LogP contribution >= 0.6 is 0 Å². The average molecular weight is 267 g/mol. The van der Waals surface area contributed by atoms with Gasteiger partial charge in [-0.05, 0) is 45.5 Å². The van der Waals surface area contributed by atoms with Gasteiger partial charge in [0.15, 0.2) is 5.41 Å². The minimum absolute atomic E-state index is 0.310. The first kappa shape index (κ1) is 14.8. The molecule has 1 aliphatic carbocycles. The highest BCUT2D eigenvalue weighted by Crippen LogP contribution is 2.37. The average Bonchev–Trinajstić information content (AvgIpc) is 2.28. The fourth-order valence-corrected chi connectivity index (χ4v) is 2.89. The van der Waals surface area contributed by atoms with E-state index in [1.54, 1.807) is 6.92 Å². The van der Waals surface area contributed by atoms with Crippen molar-refractivity contribution >= 4 is 14.3 Å². The van der Waals surface area contributed by atoms with Crippen LogP contribution < -0.4 is 0 Å². The highest BCUT2D eigenvalue weighted by Gasteiger charge is 2.42. The fraction of sp³-hybridized carbons (Fsp3) is 0.692. The van der Waals surface area contributed by atoms with Gasteiger partial charge in [-0.3, -0.25) is 4.79 Å². The third-order valence-corrected chi connectivity index (χ3v) is 3.67. The summed E-state index contributed by atoms with van der Waals surface area (Å²) in [5, 5.41) is 9.25. The maximum Gasteiger partial charge on any atom is 0.326 e. The molecule has 100 valence electrons. The molecule has 0 bridgehead atoms. The van der Waals surface area contributed by atoms with Crippen LogP contribution in [0.5, 0.6) is 0 Å². The van der Waals surface area contributed by atoms with Gasteiger partial charge in [0.1, 0.15) is 0 Å². The number of carbonyl (C=O) groups excluding carboxylic acids is 1. The molecule has 0 aliphatic heterocycles. The van der Waals surface area contributed by atoms with Crippen molar-refractivity contribution in [1.82, 2.24) is 0 Å². The van der Waals surface area contributed by atoms with E-state index in [-0.39, 0.29) is 0 Å². The number of nitriles is 1. The summed E-state index contributed by atoms with van der Waals surface area (Å²) in [6.45, 7) is 8.41. The number of allylic oxidation sites excluding steroid dienone is 2. The predicted octanol–water partition coefficient (Wildman–Crippen LogP) is 2.98. The number of esters is 1. The molecule has 0 aromatic heterocycles. The van der Waals surface area contributed by atoms with Crippen LogP contribution in [0.25, 0.3) is 0 Å². The van der Waals surface area contributed by atoms with Crippen LogP contribution in [0.2, 0.25) is 19.6 Å². The molecule has 0 fully saturated rings. The van der Waals surface area contributed by atoms with Crippen LogP contribution in [0.1, 0.15) is 26.2 Å². The lowest BCUT2D eigenvalue weighted by Gasteiger charge is -2.30. The van der Waals surface area contributed by atoms with Gasteiger partial charge < -0.3 is 9.16 Å². The normalized spacial score (nSPS) is 23.8. The van der Waals surface area contributed by atoms with Gasteiger partial charge in [0.25, 0.3) is 0 Å². The molecule has 0 aromatic rings. The highest BCUT2D eigenvalue weighted by atomic mass is 28.4. The van der Waals surface area contributed by atoms with Gasteiger partial charge in [-0.2, -0.15) is 5.26 Å². The van der Waals surface area contributed by atoms with E-state index in [0.717, 1.165) is 5.76 Å². The molecule has 1 unspecified atom stereocenters. The van der Waals surface area contributed by atoms with Crippen molar-refractivity contribution in [2.75, 3.05) is 6.61 Å². The smallest absolute Gasteiger partial charge is 0.326 e. The summed E-state index contributed by atoms with van der Waals surface area (Å²) in [5.74, 6) is 0.514. The first-order valence-corrected chi connectivity index (χ1v) is 9.70. The number of hydrogen-bond acceptors (Lipinski definition) is 4. The molecule has 5 heteroatoms. The zero-order chi connectivity index (χ0) is 13.8. The van der Waals surface area contributed by atoms with E-state index in [1.165, 1.54) is 0 Å². The molecular formula is C13H21NO3Si. The third-order valence-electron chi connectivity index (χ3n) is 2.79. The molecule has 0 spiro atoms. The second-order valence-electron chi connectivity index (χ2n) is 5.50. The second-order valence-corrected chi connectivity index (χ2v) is 9.93. The lowest BCUT2D eigenvalue weighted by molar-refractivity contribution is -0.152. The first-order valence-electron chi connectivity index (χ1n) is 6.29. The third kappa shape index (κ3) is 3.60. The summed E-state index contributed by atoms with van der Waals surface area (Å²) >= 11 is 0. The van der Waals surface area contributed by atoms with Crippen LogP contribution in [0.15, 0.2) is 11.8 Å². The Morgan fingerprint density at radius 2 is 2.22 bits per heavy atom. The van der Waals surface area contributed by atoms with Crippen LogP contribution in [0.4, 0.5) is 0 Å². The Balaban J connectivity index is 2.75. The van der Waals surface area contributed by atoms with E-state index in [1.807, 2.05) is 6.08 Å². The minimum atomic E-state index is -1.61. The van der Waals surface area contributed by atoms with Gasteiger partial charge in [0.2, 0.25) is 8.32 Å². The summed E-state index contributed by atoms with van der Waals surface area (Å²) in [6, 6.07) is 2.12. The zero-order valence-electron chi connectivity index (χ0n) is 11.6. The molecule has 1 aliphatic rings. The first-order chi connectivity index (χ1) is 8.33. The monoisotopic (exact) mass is 267 g/mol. The molecule has 4 nitrogen and oxygen atoms in total. The van der Waals surface area contributed by atoms with E-state index < -0.39 is 19.7 Å². The zero-order valence-corrected chi connectivity index (χ0v) is 12.6. The Morgan fingerprint density at radius 3 is 2.61 bits per heavy atom. The molecule has 0 aromatic carbocycles. The summed E-state index contributed by atoms with van der Waals surface area (Å²) in [7, 11) is -1.61. The minimum Gasteiger partial charge on any atom is -0.548 e. The molecule has 0 N–H and O–H groups in total. The van der Waals surface area contributed by atoms with Gasteiger partial charge in [-0.25, -0.2) is 0 Å². The highest BCUT2D eigenvalue weighted by molar-refractivity contribution is 6.70. The van der Waals surface area contributed by atoms with Gasteiger partial charge in [0.05, 0.1) is 18.4 Å². The quantitative estimate of drug-likeness (QED) is 0.580. The molecule has 1 rings (SSSR count). The largest absolute Gasteiger partial charge is 0.548 e. The Hall–Kier alpha value is -1.28. The van der Waals surface area contributed by atoms with Crippen LogP contribution in [-0.4, -0.2) is 20.9 Å². The number of ether oxygens (including phenoxy) is 1. The molecular weight excluding hydrogens is 246 g/mol. The number of rotatable bonds is 4. The lowest BCUT2D eigenvalue weighted by atomic mass is 9.78. The fourth-order valence-electron chi connectivity index (χ4n) is 1.92.